The SMILES string of the molecule is O=C(NC(CO)C(=O)NN1CCOCC1)c1ccc(-c2ccccc2)cc1. The highest BCUT2D eigenvalue weighted by molar-refractivity contribution is 5.97. The number of benzene rings is 2. The Kier molecular flexibility index (Phi) is 6.54. The zero-order valence-electron chi connectivity index (χ0n) is 14.9. The van der Waals surface area contributed by atoms with Crippen molar-refractivity contribution in [3.05, 3.63) is 60.2 Å². The molecule has 1 fully saturated rings. The fourth-order valence-electron chi connectivity index (χ4n) is 2.79. The molecule has 1 unspecified atom stereocenters. The first-order valence-corrected chi connectivity index (χ1v) is 8.88. The van der Waals surface area contributed by atoms with Crippen LogP contribution in [0.1, 0.15) is 10.4 Å². The van der Waals surface area contributed by atoms with Crippen LogP contribution in [0.5, 0.6) is 0 Å². The van der Waals surface area contributed by atoms with Gasteiger partial charge >= 0.3 is 0 Å². The molecule has 1 aliphatic heterocycles. The summed E-state index contributed by atoms with van der Waals surface area (Å²) in [4.78, 5) is 24.7. The van der Waals surface area contributed by atoms with Gasteiger partial charge in [0.15, 0.2) is 0 Å². The largest absolute Gasteiger partial charge is 0.394 e. The number of ether oxygens (including phenoxy) is 1. The van der Waals surface area contributed by atoms with Crippen molar-refractivity contribution in [1.29, 1.82) is 0 Å². The molecule has 0 saturated carbocycles. The number of hydrogen-bond acceptors (Lipinski definition) is 5. The zero-order valence-corrected chi connectivity index (χ0v) is 14.9. The van der Waals surface area contributed by atoms with E-state index in [1.165, 1.54) is 0 Å². The van der Waals surface area contributed by atoms with Gasteiger partial charge in [-0.25, -0.2) is 5.01 Å². The van der Waals surface area contributed by atoms with Gasteiger partial charge in [0.25, 0.3) is 11.8 Å². The molecule has 3 N–H and O–H groups in total. The van der Waals surface area contributed by atoms with Gasteiger partial charge in [0.2, 0.25) is 0 Å². The van der Waals surface area contributed by atoms with Gasteiger partial charge in [-0.3, -0.25) is 15.0 Å². The van der Waals surface area contributed by atoms with Crippen molar-refractivity contribution < 1.29 is 19.4 Å². The number of aliphatic hydroxyl groups excluding tert-OH is 1. The lowest BCUT2D eigenvalue weighted by Crippen LogP contribution is -2.56. The lowest BCUT2D eigenvalue weighted by atomic mass is 10.0. The quantitative estimate of drug-likeness (QED) is 0.701. The molecule has 0 spiro atoms. The third-order valence-corrected chi connectivity index (χ3v) is 4.34. The summed E-state index contributed by atoms with van der Waals surface area (Å²) in [5, 5.41) is 13.8. The molecule has 7 nitrogen and oxygen atoms in total. The molecule has 0 aromatic heterocycles. The molecule has 0 radical (unpaired) electrons. The van der Waals surface area contributed by atoms with Crippen LogP contribution < -0.4 is 10.7 Å². The van der Waals surface area contributed by atoms with Gasteiger partial charge in [-0.2, -0.15) is 0 Å². The fraction of sp³-hybridized carbons (Fsp3) is 0.300. The first-order valence-electron chi connectivity index (χ1n) is 8.88. The predicted molar refractivity (Wildman–Crippen MR) is 101 cm³/mol. The Bertz CT molecular complexity index is 759. The average molecular weight is 369 g/mol. The van der Waals surface area contributed by atoms with Crippen LogP contribution in [0.3, 0.4) is 0 Å². The van der Waals surface area contributed by atoms with Crippen molar-refractivity contribution in [2.24, 2.45) is 0 Å². The van der Waals surface area contributed by atoms with Crippen molar-refractivity contribution in [2.75, 3.05) is 32.9 Å². The van der Waals surface area contributed by atoms with E-state index in [1.807, 2.05) is 42.5 Å². The number of rotatable bonds is 6. The van der Waals surface area contributed by atoms with E-state index < -0.39 is 24.5 Å². The zero-order chi connectivity index (χ0) is 19.1. The maximum Gasteiger partial charge on any atom is 0.259 e. The number of carbonyl (C=O) groups is 2. The number of amides is 2. The Morgan fingerprint density at radius 2 is 1.63 bits per heavy atom. The highest BCUT2D eigenvalue weighted by Gasteiger charge is 2.23. The van der Waals surface area contributed by atoms with Crippen LogP contribution in [0.2, 0.25) is 0 Å². The molecular formula is C20H23N3O4. The van der Waals surface area contributed by atoms with E-state index in [2.05, 4.69) is 10.7 Å². The molecule has 1 saturated heterocycles. The summed E-state index contributed by atoms with van der Waals surface area (Å²) in [5.74, 6) is -0.862. The van der Waals surface area contributed by atoms with Crippen molar-refractivity contribution in [1.82, 2.24) is 15.8 Å². The van der Waals surface area contributed by atoms with E-state index in [4.69, 9.17) is 4.74 Å². The highest BCUT2D eigenvalue weighted by atomic mass is 16.5. The number of hydrogen-bond donors (Lipinski definition) is 3. The monoisotopic (exact) mass is 369 g/mol. The van der Waals surface area contributed by atoms with Crippen molar-refractivity contribution in [2.45, 2.75) is 6.04 Å². The van der Waals surface area contributed by atoms with Gasteiger partial charge in [-0.05, 0) is 23.3 Å². The Hall–Kier alpha value is -2.74. The highest BCUT2D eigenvalue weighted by Crippen LogP contribution is 2.19. The van der Waals surface area contributed by atoms with Crippen LogP contribution in [-0.4, -0.2) is 60.9 Å². The summed E-state index contributed by atoms with van der Waals surface area (Å²) < 4.78 is 5.22. The van der Waals surface area contributed by atoms with E-state index in [0.29, 0.717) is 31.9 Å². The third-order valence-electron chi connectivity index (χ3n) is 4.34. The number of nitrogens with zero attached hydrogens (tertiary/aromatic N) is 1. The Labute approximate surface area is 157 Å². The van der Waals surface area contributed by atoms with Gasteiger partial charge in [-0.1, -0.05) is 42.5 Å². The van der Waals surface area contributed by atoms with Crippen LogP contribution >= 0.6 is 0 Å². The number of morpholine rings is 1. The number of hydrazine groups is 1. The molecule has 7 heteroatoms. The molecule has 0 bridgehead atoms. The van der Waals surface area contributed by atoms with Crippen molar-refractivity contribution in [3.63, 3.8) is 0 Å². The van der Waals surface area contributed by atoms with Crippen LogP contribution in [-0.2, 0) is 9.53 Å². The maximum absolute atomic E-state index is 12.4. The fourth-order valence-corrected chi connectivity index (χ4v) is 2.79. The normalized spacial score (nSPS) is 15.7. The molecule has 3 rings (SSSR count). The lowest BCUT2D eigenvalue weighted by Gasteiger charge is -2.28. The molecular weight excluding hydrogens is 346 g/mol. The minimum Gasteiger partial charge on any atom is -0.394 e. The smallest absolute Gasteiger partial charge is 0.259 e. The summed E-state index contributed by atoms with van der Waals surface area (Å²) in [5.41, 5.74) is 5.17. The van der Waals surface area contributed by atoms with Crippen LogP contribution in [0, 0.1) is 0 Å². The molecule has 1 aliphatic rings. The number of aliphatic hydroxyl groups is 1. The maximum atomic E-state index is 12.4. The summed E-state index contributed by atoms with van der Waals surface area (Å²) in [6.07, 6.45) is 0. The minimum atomic E-state index is -1.02. The second kappa shape index (κ2) is 9.27. The van der Waals surface area contributed by atoms with E-state index in [9.17, 15) is 14.7 Å². The second-order valence-corrected chi connectivity index (χ2v) is 6.23. The summed E-state index contributed by atoms with van der Waals surface area (Å²) in [6.45, 7) is 1.72. The van der Waals surface area contributed by atoms with Gasteiger partial charge in [0.1, 0.15) is 6.04 Å². The molecule has 1 atom stereocenters. The van der Waals surface area contributed by atoms with Crippen molar-refractivity contribution >= 4 is 11.8 Å². The van der Waals surface area contributed by atoms with Gasteiger partial charge < -0.3 is 15.2 Å². The topological polar surface area (TPSA) is 90.9 Å². The Morgan fingerprint density at radius 1 is 1.00 bits per heavy atom. The van der Waals surface area contributed by atoms with E-state index in [-0.39, 0.29) is 0 Å². The second-order valence-electron chi connectivity index (χ2n) is 6.23. The summed E-state index contributed by atoms with van der Waals surface area (Å²) >= 11 is 0. The van der Waals surface area contributed by atoms with Crippen LogP contribution in [0.4, 0.5) is 0 Å². The molecule has 27 heavy (non-hydrogen) atoms. The first kappa shape index (κ1) is 19.0. The van der Waals surface area contributed by atoms with Gasteiger partial charge in [0.05, 0.1) is 19.8 Å². The summed E-state index contributed by atoms with van der Waals surface area (Å²) in [6, 6.07) is 15.9. The third kappa shape index (κ3) is 5.13. The first-order chi connectivity index (χ1) is 13.2. The van der Waals surface area contributed by atoms with E-state index >= 15 is 0 Å². The number of nitrogens with one attached hydrogen (secondary N) is 2. The van der Waals surface area contributed by atoms with Gasteiger partial charge in [0, 0.05) is 18.7 Å². The lowest BCUT2D eigenvalue weighted by molar-refractivity contribution is -0.130. The minimum absolute atomic E-state index is 0.411. The van der Waals surface area contributed by atoms with Crippen LogP contribution in [0.25, 0.3) is 11.1 Å². The molecule has 2 aromatic rings. The number of carbonyl (C=O) groups excluding carboxylic acids is 2. The average Bonchev–Trinajstić information content (AvgIpc) is 2.73. The molecule has 2 amide bonds. The van der Waals surface area contributed by atoms with E-state index in [1.54, 1.807) is 17.1 Å². The van der Waals surface area contributed by atoms with Gasteiger partial charge in [-0.15, -0.1) is 0 Å². The summed E-state index contributed by atoms with van der Waals surface area (Å²) in [7, 11) is 0. The standard InChI is InChI=1S/C20H23N3O4/c24-14-18(20(26)22-23-10-12-27-13-11-23)21-19(25)17-8-6-16(7-9-17)15-4-2-1-3-5-15/h1-9,18,24H,10-14H2,(H,21,25)(H,22,26). The predicted octanol–water partition coefficient (Wildman–Crippen LogP) is 0.808. The molecule has 2 aromatic carbocycles. The molecule has 0 aliphatic carbocycles. The van der Waals surface area contributed by atoms with Crippen molar-refractivity contribution in [3.8, 4) is 11.1 Å². The molecule has 1 heterocycles. The van der Waals surface area contributed by atoms with Crippen LogP contribution in [0.15, 0.2) is 54.6 Å². The Morgan fingerprint density at radius 3 is 2.26 bits per heavy atom. The van der Waals surface area contributed by atoms with E-state index in [0.717, 1.165) is 11.1 Å². The Balaban J connectivity index is 1.60. The molecule has 142 valence electrons.